The molecule has 0 aliphatic rings. The monoisotopic (exact) mass is 324 g/mol. The molecule has 0 N–H and O–H groups in total. The van der Waals surface area contributed by atoms with E-state index in [9.17, 15) is 5.26 Å². The van der Waals surface area contributed by atoms with Gasteiger partial charge >= 0.3 is 0 Å². The highest BCUT2D eigenvalue weighted by atomic mass is 15.0. The molecule has 1 heterocycles. The molecule has 0 atom stereocenters. The van der Waals surface area contributed by atoms with E-state index in [4.69, 9.17) is 0 Å². The zero-order chi connectivity index (χ0) is 17.6. The number of hydrogen-bond acceptors (Lipinski definition) is 1. The topological polar surface area (TPSA) is 28.7 Å². The van der Waals surface area contributed by atoms with Crippen LogP contribution in [0, 0.1) is 11.3 Å². The Labute approximate surface area is 147 Å². The second kappa shape index (κ2) is 5.50. The number of aromatic nitrogens is 1. The summed E-state index contributed by atoms with van der Waals surface area (Å²) in [6.45, 7) is 6.68. The molecule has 0 aliphatic heterocycles. The normalized spacial score (nSPS) is 11.8. The first kappa shape index (κ1) is 15.5. The van der Waals surface area contributed by atoms with Crippen LogP contribution in [0.5, 0.6) is 0 Å². The number of nitrogens with zero attached hydrogens (tertiary/aromatic N) is 2. The van der Waals surface area contributed by atoms with E-state index in [2.05, 4.69) is 86.0 Å². The Morgan fingerprint density at radius 2 is 1.56 bits per heavy atom. The average molecular weight is 324 g/mol. The lowest BCUT2D eigenvalue weighted by Gasteiger charge is -2.20. The lowest BCUT2D eigenvalue weighted by atomic mass is 9.87. The van der Waals surface area contributed by atoms with Gasteiger partial charge in [-0.3, -0.25) is 0 Å². The van der Waals surface area contributed by atoms with E-state index >= 15 is 0 Å². The molecule has 0 unspecified atom stereocenters. The third-order valence-electron chi connectivity index (χ3n) is 4.77. The third-order valence-corrected chi connectivity index (χ3v) is 4.77. The van der Waals surface area contributed by atoms with E-state index < -0.39 is 0 Å². The summed E-state index contributed by atoms with van der Waals surface area (Å²) in [6.07, 6.45) is 0. The van der Waals surface area contributed by atoms with Gasteiger partial charge in [0.05, 0.1) is 22.7 Å². The molecule has 0 saturated heterocycles. The predicted octanol–water partition coefficient (Wildman–Crippen LogP) is 5.95. The summed E-state index contributed by atoms with van der Waals surface area (Å²) in [5.41, 5.74) is 5.45. The minimum Gasteiger partial charge on any atom is -0.309 e. The van der Waals surface area contributed by atoms with Crippen LogP contribution in [-0.2, 0) is 5.41 Å². The maximum atomic E-state index is 9.32. The number of rotatable bonds is 1. The van der Waals surface area contributed by atoms with Gasteiger partial charge in [0.1, 0.15) is 0 Å². The SMILES string of the molecule is CC(C)(C)c1cccc(-n2c3ccccc3c3ccc(C#N)cc32)c1. The van der Waals surface area contributed by atoms with Gasteiger partial charge in [0.25, 0.3) is 0 Å². The largest absolute Gasteiger partial charge is 0.309 e. The van der Waals surface area contributed by atoms with Gasteiger partial charge in [-0.25, -0.2) is 0 Å². The summed E-state index contributed by atoms with van der Waals surface area (Å²) in [7, 11) is 0. The van der Waals surface area contributed by atoms with Crippen LogP contribution in [-0.4, -0.2) is 4.57 Å². The first-order valence-electron chi connectivity index (χ1n) is 8.53. The van der Waals surface area contributed by atoms with Gasteiger partial charge in [-0.1, -0.05) is 57.2 Å². The summed E-state index contributed by atoms with van der Waals surface area (Å²) in [5.74, 6) is 0. The second-order valence-corrected chi connectivity index (χ2v) is 7.50. The molecule has 3 aromatic carbocycles. The average Bonchev–Trinajstić information content (AvgIpc) is 2.94. The van der Waals surface area contributed by atoms with Gasteiger partial charge in [0.15, 0.2) is 0 Å². The van der Waals surface area contributed by atoms with Crippen LogP contribution in [0.4, 0.5) is 0 Å². The standard InChI is InChI=1S/C23H20N2/c1-23(2,3)17-7-6-8-18(14-17)25-21-10-5-4-9-19(21)20-12-11-16(15-24)13-22(20)25/h4-14H,1-3H3. The van der Waals surface area contributed by atoms with Crippen LogP contribution in [0.25, 0.3) is 27.5 Å². The Hall–Kier alpha value is -3.05. The van der Waals surface area contributed by atoms with Gasteiger partial charge in [-0.2, -0.15) is 5.26 Å². The van der Waals surface area contributed by atoms with Crippen molar-refractivity contribution in [2.45, 2.75) is 26.2 Å². The molecular weight excluding hydrogens is 304 g/mol. The highest BCUT2D eigenvalue weighted by Gasteiger charge is 2.16. The first-order valence-corrected chi connectivity index (χ1v) is 8.53. The molecule has 2 nitrogen and oxygen atoms in total. The third kappa shape index (κ3) is 2.49. The van der Waals surface area contributed by atoms with Crippen LogP contribution < -0.4 is 0 Å². The minimum absolute atomic E-state index is 0.0899. The zero-order valence-corrected chi connectivity index (χ0v) is 14.7. The van der Waals surface area contributed by atoms with Gasteiger partial charge < -0.3 is 4.57 Å². The highest BCUT2D eigenvalue weighted by Crippen LogP contribution is 2.33. The van der Waals surface area contributed by atoms with E-state index in [0.717, 1.165) is 11.2 Å². The van der Waals surface area contributed by atoms with E-state index in [1.807, 2.05) is 12.1 Å². The summed E-state index contributed by atoms with van der Waals surface area (Å²) >= 11 is 0. The number of benzene rings is 3. The van der Waals surface area contributed by atoms with Crippen LogP contribution in [0.3, 0.4) is 0 Å². The molecule has 0 bridgehead atoms. The van der Waals surface area contributed by atoms with Crippen molar-refractivity contribution in [2.75, 3.05) is 0 Å². The Bertz CT molecular complexity index is 1130. The van der Waals surface area contributed by atoms with Crippen LogP contribution in [0.15, 0.2) is 66.7 Å². The molecule has 0 radical (unpaired) electrons. The fourth-order valence-corrected chi connectivity index (χ4v) is 3.43. The highest BCUT2D eigenvalue weighted by molar-refractivity contribution is 6.09. The lowest BCUT2D eigenvalue weighted by molar-refractivity contribution is 0.590. The second-order valence-electron chi connectivity index (χ2n) is 7.50. The molecule has 0 amide bonds. The minimum atomic E-state index is 0.0899. The molecule has 0 saturated carbocycles. The van der Waals surface area contributed by atoms with Gasteiger partial charge in [0, 0.05) is 16.5 Å². The maximum Gasteiger partial charge on any atom is 0.0992 e. The van der Waals surface area contributed by atoms with E-state index in [0.29, 0.717) is 5.56 Å². The van der Waals surface area contributed by atoms with Crippen LogP contribution in [0.1, 0.15) is 31.9 Å². The van der Waals surface area contributed by atoms with E-state index in [1.54, 1.807) is 0 Å². The van der Waals surface area contributed by atoms with Crippen LogP contribution in [0.2, 0.25) is 0 Å². The predicted molar refractivity (Wildman–Crippen MR) is 104 cm³/mol. The number of nitriles is 1. The van der Waals surface area contributed by atoms with Crippen molar-refractivity contribution in [3.05, 3.63) is 77.9 Å². The summed E-state index contributed by atoms with van der Waals surface area (Å²) in [4.78, 5) is 0. The van der Waals surface area contributed by atoms with Gasteiger partial charge in [-0.05, 0) is 41.3 Å². The number of para-hydroxylation sites is 1. The number of hydrogen-bond donors (Lipinski definition) is 0. The molecule has 0 spiro atoms. The van der Waals surface area contributed by atoms with Crippen molar-refractivity contribution in [2.24, 2.45) is 0 Å². The molecule has 25 heavy (non-hydrogen) atoms. The maximum absolute atomic E-state index is 9.32. The molecule has 4 rings (SSSR count). The van der Waals surface area contributed by atoms with Crippen molar-refractivity contribution in [3.8, 4) is 11.8 Å². The van der Waals surface area contributed by atoms with Crippen molar-refractivity contribution < 1.29 is 0 Å². The molecule has 1 aromatic heterocycles. The van der Waals surface area contributed by atoms with Gasteiger partial charge in [-0.15, -0.1) is 0 Å². The smallest absolute Gasteiger partial charge is 0.0992 e. The summed E-state index contributed by atoms with van der Waals surface area (Å²) in [5, 5.41) is 11.7. The fraction of sp³-hybridized carbons (Fsp3) is 0.174. The van der Waals surface area contributed by atoms with Crippen molar-refractivity contribution >= 4 is 21.8 Å². The zero-order valence-electron chi connectivity index (χ0n) is 14.7. The van der Waals surface area contributed by atoms with Crippen LogP contribution >= 0.6 is 0 Å². The van der Waals surface area contributed by atoms with Crippen molar-refractivity contribution in [1.29, 1.82) is 5.26 Å². The lowest BCUT2D eigenvalue weighted by Crippen LogP contribution is -2.11. The Balaban J connectivity index is 2.11. The van der Waals surface area contributed by atoms with Gasteiger partial charge in [0.2, 0.25) is 0 Å². The fourth-order valence-electron chi connectivity index (χ4n) is 3.43. The summed E-state index contributed by atoms with van der Waals surface area (Å²) < 4.78 is 2.26. The number of fused-ring (bicyclic) bond motifs is 3. The molecular formula is C23H20N2. The Morgan fingerprint density at radius 3 is 2.32 bits per heavy atom. The van der Waals surface area contributed by atoms with E-state index in [-0.39, 0.29) is 5.41 Å². The summed E-state index contributed by atoms with van der Waals surface area (Å²) in [6, 6.07) is 25.3. The first-order chi connectivity index (χ1) is 12.0. The Morgan fingerprint density at radius 1 is 0.800 bits per heavy atom. The molecule has 122 valence electrons. The van der Waals surface area contributed by atoms with E-state index in [1.165, 1.54) is 21.9 Å². The molecule has 2 heteroatoms. The van der Waals surface area contributed by atoms with Crippen molar-refractivity contribution in [1.82, 2.24) is 4.57 Å². The quantitative estimate of drug-likeness (QED) is 0.425. The van der Waals surface area contributed by atoms with Crippen molar-refractivity contribution in [3.63, 3.8) is 0 Å². The Kier molecular flexibility index (Phi) is 3.40. The molecule has 4 aromatic rings. The molecule has 0 aliphatic carbocycles. The molecule has 0 fully saturated rings.